The van der Waals surface area contributed by atoms with Crippen LogP contribution in [-0.4, -0.2) is 20.2 Å². The van der Waals surface area contributed by atoms with Crippen LogP contribution in [0.3, 0.4) is 0 Å². The van der Waals surface area contributed by atoms with Crippen LogP contribution < -0.4 is 5.73 Å². The second-order valence-electron chi connectivity index (χ2n) is 4.56. The van der Waals surface area contributed by atoms with Crippen LogP contribution in [0.2, 0.25) is 5.02 Å². The number of benzene rings is 2. The molecule has 0 saturated heterocycles. The minimum atomic E-state index is 0.592. The van der Waals surface area contributed by atoms with E-state index in [-0.39, 0.29) is 0 Å². The summed E-state index contributed by atoms with van der Waals surface area (Å²) in [5, 5.41) is 12.6. The van der Waals surface area contributed by atoms with Gasteiger partial charge in [0, 0.05) is 16.3 Å². The smallest absolute Gasteiger partial charge is 0.188 e. The lowest BCUT2D eigenvalue weighted by Crippen LogP contribution is -2.01. The van der Waals surface area contributed by atoms with Gasteiger partial charge < -0.3 is 5.73 Å². The van der Waals surface area contributed by atoms with Crippen molar-refractivity contribution in [1.82, 2.24) is 20.2 Å². The molecule has 0 unspecified atom stereocenters. The van der Waals surface area contributed by atoms with Crippen molar-refractivity contribution in [1.29, 1.82) is 0 Å². The lowest BCUT2D eigenvalue weighted by atomic mass is 10.2. The number of nitrogen functional groups attached to an aromatic ring is 1. The summed E-state index contributed by atoms with van der Waals surface area (Å²) < 4.78 is 2.39. The average molecular weight is 365 g/mol. The number of nitrogens with zero attached hydrogens (tertiary/aromatic N) is 4. The molecule has 3 aromatic rings. The van der Waals surface area contributed by atoms with Crippen molar-refractivity contribution in [2.75, 3.05) is 5.73 Å². The fourth-order valence-corrected chi connectivity index (χ4v) is 2.58. The SMILES string of the molecule is Cc1ccc(-n2nnnc2-c2cccc(N)c2Br)cc1Cl. The van der Waals surface area contributed by atoms with Gasteiger partial charge in [0.15, 0.2) is 5.82 Å². The molecule has 1 heterocycles. The zero-order valence-corrected chi connectivity index (χ0v) is 13.4. The van der Waals surface area contributed by atoms with Crippen LogP contribution in [0.1, 0.15) is 5.56 Å². The standard InChI is InChI=1S/C14H11BrClN5/c1-8-5-6-9(7-11(8)16)21-14(18-19-20-21)10-3-2-4-12(17)13(10)15/h2-7H,17H2,1H3. The Morgan fingerprint density at radius 2 is 2.05 bits per heavy atom. The third-order valence-corrected chi connectivity index (χ3v) is 4.43. The summed E-state index contributed by atoms with van der Waals surface area (Å²) in [6.45, 7) is 1.95. The first-order chi connectivity index (χ1) is 10.1. The van der Waals surface area contributed by atoms with Gasteiger partial charge in [0.25, 0.3) is 0 Å². The lowest BCUT2D eigenvalue weighted by Gasteiger charge is -2.08. The quantitative estimate of drug-likeness (QED) is 0.705. The van der Waals surface area contributed by atoms with E-state index in [1.165, 1.54) is 0 Å². The highest BCUT2D eigenvalue weighted by Crippen LogP contribution is 2.32. The van der Waals surface area contributed by atoms with Crippen LogP contribution in [0.5, 0.6) is 0 Å². The van der Waals surface area contributed by atoms with Crippen LogP contribution in [0.15, 0.2) is 40.9 Å². The summed E-state index contributed by atoms with van der Waals surface area (Å²) in [5.41, 5.74) is 9.15. The number of hydrogen-bond acceptors (Lipinski definition) is 4. The largest absolute Gasteiger partial charge is 0.398 e. The molecule has 1 aromatic heterocycles. The van der Waals surface area contributed by atoms with Gasteiger partial charge in [0.05, 0.1) is 10.2 Å². The van der Waals surface area contributed by atoms with Gasteiger partial charge in [0.2, 0.25) is 0 Å². The maximum atomic E-state index is 6.17. The summed E-state index contributed by atoms with van der Waals surface area (Å²) in [6.07, 6.45) is 0. The van der Waals surface area contributed by atoms with Gasteiger partial charge in [-0.15, -0.1) is 5.10 Å². The second-order valence-corrected chi connectivity index (χ2v) is 5.76. The molecule has 0 fully saturated rings. The molecule has 0 aliphatic carbocycles. The van der Waals surface area contributed by atoms with E-state index in [4.69, 9.17) is 17.3 Å². The van der Waals surface area contributed by atoms with E-state index in [0.717, 1.165) is 21.3 Å². The molecule has 0 atom stereocenters. The number of rotatable bonds is 2. The molecule has 7 heteroatoms. The summed E-state index contributed by atoms with van der Waals surface area (Å²) in [7, 11) is 0. The van der Waals surface area contributed by atoms with Crippen LogP contribution in [0.25, 0.3) is 17.1 Å². The maximum Gasteiger partial charge on any atom is 0.188 e. The molecule has 2 N–H and O–H groups in total. The molecule has 0 bridgehead atoms. The molecule has 3 rings (SSSR count). The first-order valence-electron chi connectivity index (χ1n) is 6.17. The first kappa shape index (κ1) is 14.0. The number of anilines is 1. The Labute approximate surface area is 134 Å². The van der Waals surface area contributed by atoms with Gasteiger partial charge in [-0.3, -0.25) is 0 Å². The Hall–Kier alpha value is -1.92. The highest BCUT2D eigenvalue weighted by atomic mass is 79.9. The molecule has 2 aromatic carbocycles. The van der Waals surface area contributed by atoms with Gasteiger partial charge >= 0.3 is 0 Å². The number of aromatic nitrogens is 4. The van der Waals surface area contributed by atoms with Gasteiger partial charge in [-0.2, -0.15) is 4.68 Å². The van der Waals surface area contributed by atoms with Crippen molar-refractivity contribution in [2.24, 2.45) is 0 Å². The first-order valence-corrected chi connectivity index (χ1v) is 7.34. The zero-order valence-electron chi connectivity index (χ0n) is 11.1. The van der Waals surface area contributed by atoms with E-state index in [0.29, 0.717) is 16.5 Å². The van der Waals surface area contributed by atoms with Crippen molar-refractivity contribution < 1.29 is 0 Å². The fourth-order valence-electron chi connectivity index (χ4n) is 1.97. The Balaban J connectivity index is 2.17. The minimum absolute atomic E-state index is 0.592. The average Bonchev–Trinajstić information content (AvgIpc) is 2.94. The molecular formula is C14H11BrClN5. The van der Waals surface area contributed by atoms with Crippen LogP contribution in [0, 0.1) is 6.92 Å². The van der Waals surface area contributed by atoms with Crippen molar-refractivity contribution in [3.63, 3.8) is 0 Å². The van der Waals surface area contributed by atoms with Gasteiger partial charge in [0.1, 0.15) is 0 Å². The Kier molecular flexibility index (Phi) is 3.65. The van der Waals surface area contributed by atoms with E-state index >= 15 is 0 Å². The van der Waals surface area contributed by atoms with Crippen LogP contribution in [0.4, 0.5) is 5.69 Å². The van der Waals surface area contributed by atoms with Crippen molar-refractivity contribution in [2.45, 2.75) is 6.92 Å². The molecule has 0 amide bonds. The second kappa shape index (κ2) is 5.46. The third-order valence-electron chi connectivity index (χ3n) is 3.14. The molecule has 0 aliphatic heterocycles. The lowest BCUT2D eigenvalue weighted by molar-refractivity contribution is 0.791. The highest BCUT2D eigenvalue weighted by molar-refractivity contribution is 9.10. The van der Waals surface area contributed by atoms with E-state index in [9.17, 15) is 0 Å². The number of hydrogen-bond donors (Lipinski definition) is 1. The monoisotopic (exact) mass is 363 g/mol. The molecular weight excluding hydrogens is 354 g/mol. The van der Waals surface area contributed by atoms with Crippen LogP contribution in [-0.2, 0) is 0 Å². The topological polar surface area (TPSA) is 69.6 Å². The van der Waals surface area contributed by atoms with Crippen molar-refractivity contribution in [3.8, 4) is 17.1 Å². The fraction of sp³-hybridized carbons (Fsp3) is 0.0714. The number of nitrogens with two attached hydrogens (primary N) is 1. The summed E-state index contributed by atoms with van der Waals surface area (Å²) in [4.78, 5) is 0. The van der Waals surface area contributed by atoms with E-state index in [2.05, 4.69) is 31.5 Å². The molecule has 0 spiro atoms. The van der Waals surface area contributed by atoms with E-state index in [1.807, 2.05) is 43.3 Å². The third kappa shape index (κ3) is 2.52. The Morgan fingerprint density at radius 1 is 1.24 bits per heavy atom. The van der Waals surface area contributed by atoms with Gasteiger partial charge in [-0.05, 0) is 63.1 Å². The summed E-state index contributed by atoms with van der Waals surface area (Å²) in [6, 6.07) is 11.2. The maximum absolute atomic E-state index is 6.17. The molecule has 0 radical (unpaired) electrons. The Bertz CT molecular complexity index is 815. The van der Waals surface area contributed by atoms with Crippen molar-refractivity contribution in [3.05, 3.63) is 51.5 Å². The highest BCUT2D eigenvalue weighted by Gasteiger charge is 2.15. The normalized spacial score (nSPS) is 10.8. The Morgan fingerprint density at radius 3 is 2.81 bits per heavy atom. The van der Waals surface area contributed by atoms with E-state index in [1.54, 1.807) is 4.68 Å². The summed E-state index contributed by atoms with van der Waals surface area (Å²) in [5.74, 6) is 0.592. The molecule has 5 nitrogen and oxygen atoms in total. The molecule has 106 valence electrons. The zero-order chi connectivity index (χ0) is 15.0. The number of tetrazole rings is 1. The number of halogens is 2. The number of aryl methyl sites for hydroxylation is 1. The van der Waals surface area contributed by atoms with Gasteiger partial charge in [-0.25, -0.2) is 0 Å². The summed E-state index contributed by atoms with van der Waals surface area (Å²) >= 11 is 9.65. The van der Waals surface area contributed by atoms with E-state index < -0.39 is 0 Å². The predicted molar refractivity (Wildman–Crippen MR) is 86.4 cm³/mol. The predicted octanol–water partition coefficient (Wildman–Crippen LogP) is 3.64. The van der Waals surface area contributed by atoms with Crippen molar-refractivity contribution >= 4 is 33.2 Å². The van der Waals surface area contributed by atoms with Crippen LogP contribution >= 0.6 is 27.5 Å². The minimum Gasteiger partial charge on any atom is -0.398 e. The molecule has 0 saturated carbocycles. The molecule has 0 aliphatic rings. The van der Waals surface area contributed by atoms with Gasteiger partial charge in [-0.1, -0.05) is 23.7 Å². The molecule has 21 heavy (non-hydrogen) atoms.